The number of benzene rings is 2. The largest absolute Gasteiger partial charge is 0.418 e. The summed E-state index contributed by atoms with van der Waals surface area (Å²) in [5.41, 5.74) is 5.30. The molecule has 2 N–H and O–H groups in total. The number of nitrogen functional groups attached to an aromatic ring is 1. The Kier molecular flexibility index (Phi) is 4.50. The molecule has 1 nitrogen and oxygen atoms in total. The predicted molar refractivity (Wildman–Crippen MR) is 76.9 cm³/mol. The Bertz CT molecular complexity index is 596. The van der Waals surface area contributed by atoms with Crippen molar-refractivity contribution in [1.29, 1.82) is 0 Å². The molecule has 0 aliphatic rings. The van der Waals surface area contributed by atoms with Gasteiger partial charge in [0.15, 0.2) is 0 Å². The van der Waals surface area contributed by atoms with Gasteiger partial charge in [-0.1, -0.05) is 23.7 Å². The summed E-state index contributed by atoms with van der Waals surface area (Å²) in [5.74, 6) is 0.568. The molecular formula is C14H11ClF3NS. The third kappa shape index (κ3) is 3.84. The van der Waals surface area contributed by atoms with E-state index in [9.17, 15) is 13.2 Å². The van der Waals surface area contributed by atoms with E-state index in [0.29, 0.717) is 15.7 Å². The number of thioether (sulfide) groups is 1. The molecule has 20 heavy (non-hydrogen) atoms. The van der Waals surface area contributed by atoms with Crippen molar-refractivity contribution in [1.82, 2.24) is 0 Å². The minimum Gasteiger partial charge on any atom is -0.398 e. The summed E-state index contributed by atoms with van der Waals surface area (Å²) >= 11 is 7.09. The van der Waals surface area contributed by atoms with Crippen molar-refractivity contribution in [2.45, 2.75) is 16.8 Å². The lowest BCUT2D eigenvalue weighted by Crippen LogP contribution is -2.08. The highest BCUT2D eigenvalue weighted by Gasteiger charge is 2.33. The Morgan fingerprint density at radius 2 is 1.70 bits per heavy atom. The zero-order valence-corrected chi connectivity index (χ0v) is 11.8. The smallest absolute Gasteiger partial charge is 0.398 e. The first-order valence-corrected chi connectivity index (χ1v) is 7.06. The van der Waals surface area contributed by atoms with Gasteiger partial charge in [-0.3, -0.25) is 0 Å². The summed E-state index contributed by atoms with van der Waals surface area (Å²) in [5, 5.41) is 0.630. The molecule has 6 heteroatoms. The van der Waals surface area contributed by atoms with Crippen molar-refractivity contribution in [2.75, 3.05) is 5.73 Å². The van der Waals surface area contributed by atoms with Gasteiger partial charge >= 0.3 is 6.18 Å². The summed E-state index contributed by atoms with van der Waals surface area (Å²) in [7, 11) is 0. The summed E-state index contributed by atoms with van der Waals surface area (Å²) < 4.78 is 38.2. The lowest BCUT2D eigenvalue weighted by Gasteiger charge is -2.11. The number of halogens is 4. The zero-order valence-electron chi connectivity index (χ0n) is 10.2. The van der Waals surface area contributed by atoms with Crippen LogP contribution in [0.5, 0.6) is 0 Å². The van der Waals surface area contributed by atoms with Crippen molar-refractivity contribution in [2.24, 2.45) is 0 Å². The number of anilines is 1. The average Bonchev–Trinajstić information content (AvgIpc) is 2.38. The maximum atomic E-state index is 12.7. The van der Waals surface area contributed by atoms with E-state index in [2.05, 4.69) is 0 Å². The molecule has 0 radical (unpaired) electrons. The van der Waals surface area contributed by atoms with Gasteiger partial charge in [0.05, 0.1) is 5.56 Å². The third-order valence-electron chi connectivity index (χ3n) is 2.65. The Morgan fingerprint density at radius 1 is 1.05 bits per heavy atom. The van der Waals surface area contributed by atoms with Crippen LogP contribution in [0.3, 0.4) is 0 Å². The molecular weight excluding hydrogens is 307 g/mol. The van der Waals surface area contributed by atoms with Crippen molar-refractivity contribution >= 4 is 29.1 Å². The van der Waals surface area contributed by atoms with Gasteiger partial charge in [0, 0.05) is 21.4 Å². The first-order chi connectivity index (χ1) is 9.36. The van der Waals surface area contributed by atoms with E-state index in [1.165, 1.54) is 17.8 Å². The van der Waals surface area contributed by atoms with Crippen molar-refractivity contribution < 1.29 is 13.2 Å². The fourth-order valence-corrected chi connectivity index (χ4v) is 2.64. The topological polar surface area (TPSA) is 26.0 Å². The normalized spacial score (nSPS) is 11.6. The summed E-state index contributed by atoms with van der Waals surface area (Å²) in [6.07, 6.45) is -4.43. The molecule has 2 aromatic rings. The van der Waals surface area contributed by atoms with E-state index in [-0.39, 0.29) is 5.69 Å². The fourth-order valence-electron chi connectivity index (χ4n) is 1.62. The van der Waals surface area contributed by atoms with Gasteiger partial charge in [0.2, 0.25) is 0 Å². The molecule has 0 aliphatic heterocycles. The fraction of sp³-hybridized carbons (Fsp3) is 0.143. The van der Waals surface area contributed by atoms with Gasteiger partial charge in [-0.15, -0.1) is 11.8 Å². The maximum absolute atomic E-state index is 12.7. The van der Waals surface area contributed by atoms with E-state index in [4.69, 9.17) is 17.3 Å². The second kappa shape index (κ2) is 5.97. The van der Waals surface area contributed by atoms with Crippen molar-refractivity contribution in [3.8, 4) is 0 Å². The molecule has 0 heterocycles. The maximum Gasteiger partial charge on any atom is 0.418 e. The Balaban J connectivity index is 2.12. The van der Waals surface area contributed by atoms with E-state index >= 15 is 0 Å². The number of hydrogen-bond acceptors (Lipinski definition) is 2. The molecule has 0 spiro atoms. The SMILES string of the molecule is Nc1ccc(SCc2ccc(Cl)cc2)cc1C(F)(F)F. The van der Waals surface area contributed by atoms with Crippen LogP contribution in [-0.4, -0.2) is 0 Å². The molecule has 0 saturated carbocycles. The molecule has 0 unspecified atom stereocenters. The van der Waals surface area contributed by atoms with Gasteiger partial charge < -0.3 is 5.73 Å². The van der Waals surface area contributed by atoms with Gasteiger partial charge in [-0.25, -0.2) is 0 Å². The highest BCUT2D eigenvalue weighted by atomic mass is 35.5. The van der Waals surface area contributed by atoms with Crippen molar-refractivity contribution in [3.05, 3.63) is 58.6 Å². The van der Waals surface area contributed by atoms with Crippen LogP contribution in [-0.2, 0) is 11.9 Å². The zero-order chi connectivity index (χ0) is 14.8. The van der Waals surface area contributed by atoms with Crippen LogP contribution in [0.25, 0.3) is 0 Å². The summed E-state index contributed by atoms with van der Waals surface area (Å²) in [4.78, 5) is 0.529. The number of rotatable bonds is 3. The van der Waals surface area contributed by atoms with Crippen molar-refractivity contribution in [3.63, 3.8) is 0 Å². The van der Waals surface area contributed by atoms with Gasteiger partial charge in [-0.05, 0) is 35.9 Å². The minimum atomic E-state index is -4.43. The van der Waals surface area contributed by atoms with Crippen LogP contribution in [0.15, 0.2) is 47.4 Å². The second-order valence-electron chi connectivity index (χ2n) is 4.16. The van der Waals surface area contributed by atoms with Crippen LogP contribution in [0.1, 0.15) is 11.1 Å². The monoisotopic (exact) mass is 317 g/mol. The second-order valence-corrected chi connectivity index (χ2v) is 5.65. The molecule has 0 aliphatic carbocycles. The quantitative estimate of drug-likeness (QED) is 0.619. The Labute approximate surface area is 123 Å². The molecule has 106 valence electrons. The van der Waals surface area contributed by atoms with Crippen LogP contribution in [0.2, 0.25) is 5.02 Å². The number of hydrogen-bond donors (Lipinski definition) is 1. The Morgan fingerprint density at radius 3 is 2.30 bits per heavy atom. The van der Waals surface area contributed by atoms with E-state index in [1.807, 2.05) is 12.1 Å². The molecule has 0 amide bonds. The summed E-state index contributed by atoms with van der Waals surface area (Å²) in [6.45, 7) is 0. The van der Waals surface area contributed by atoms with Crippen LogP contribution < -0.4 is 5.73 Å². The predicted octanol–water partition coefficient (Wildman–Crippen LogP) is 5.23. The molecule has 0 fully saturated rings. The first-order valence-electron chi connectivity index (χ1n) is 5.70. The third-order valence-corrected chi connectivity index (χ3v) is 3.97. The molecule has 0 aromatic heterocycles. The standard InChI is InChI=1S/C14H11ClF3NS/c15-10-3-1-9(2-4-10)8-20-11-5-6-13(19)12(7-11)14(16,17)18/h1-7H,8,19H2. The molecule has 2 rings (SSSR count). The molecule has 2 aromatic carbocycles. The van der Waals surface area contributed by atoms with Crippen LogP contribution >= 0.6 is 23.4 Å². The number of alkyl halides is 3. The van der Waals surface area contributed by atoms with Gasteiger partial charge in [0.25, 0.3) is 0 Å². The Hall–Kier alpha value is -1.33. The summed E-state index contributed by atoms with van der Waals surface area (Å²) in [6, 6.07) is 11.1. The first kappa shape index (κ1) is 15.1. The van der Waals surface area contributed by atoms with Gasteiger partial charge in [0.1, 0.15) is 0 Å². The van der Waals surface area contributed by atoms with Gasteiger partial charge in [-0.2, -0.15) is 13.2 Å². The minimum absolute atomic E-state index is 0.256. The molecule has 0 bridgehead atoms. The van der Waals surface area contributed by atoms with E-state index in [1.54, 1.807) is 18.2 Å². The number of nitrogens with two attached hydrogens (primary N) is 1. The molecule has 0 atom stereocenters. The molecule has 0 saturated heterocycles. The van der Waals surface area contributed by atoms with E-state index < -0.39 is 11.7 Å². The average molecular weight is 318 g/mol. The lowest BCUT2D eigenvalue weighted by molar-refractivity contribution is -0.137. The van der Waals surface area contributed by atoms with E-state index in [0.717, 1.165) is 11.6 Å². The van der Waals surface area contributed by atoms with Crippen LogP contribution in [0, 0.1) is 0 Å². The highest BCUT2D eigenvalue weighted by molar-refractivity contribution is 7.98. The van der Waals surface area contributed by atoms with Crippen LogP contribution in [0.4, 0.5) is 18.9 Å². The highest BCUT2D eigenvalue weighted by Crippen LogP contribution is 2.36. The lowest BCUT2D eigenvalue weighted by atomic mass is 10.2.